The summed E-state index contributed by atoms with van der Waals surface area (Å²) in [4.78, 5) is 12.1. The number of hydrazone groups is 1. The Kier molecular flexibility index (Phi) is 5.11. The molecule has 3 rings (SSSR count). The zero-order chi connectivity index (χ0) is 17.6. The summed E-state index contributed by atoms with van der Waals surface area (Å²) < 4.78 is 11.6. The maximum atomic E-state index is 12.1. The number of benzene rings is 2. The summed E-state index contributed by atoms with van der Waals surface area (Å²) in [5.41, 5.74) is 3.67. The van der Waals surface area contributed by atoms with Gasteiger partial charge in [-0.3, -0.25) is 4.79 Å². The topological polar surface area (TPSA) is 87.6 Å². The summed E-state index contributed by atoms with van der Waals surface area (Å²) in [6.45, 7) is -0.0756. The van der Waals surface area contributed by atoms with Crippen LogP contribution in [0.1, 0.15) is 16.1 Å². The third-order valence-corrected chi connectivity index (χ3v) is 3.78. The lowest BCUT2D eigenvalue weighted by Gasteiger charge is -2.06. The van der Waals surface area contributed by atoms with Crippen LogP contribution < -0.4 is 10.2 Å². The standard InChI is InChI=1S/C18H12BrN3O3/c19-14-5-6-15(24-8-7-20)13(9-14)11-21-22-18(23)17-10-12-3-1-2-4-16(12)25-17/h1-6,9-11H,8H2,(H,22,23)/b21-11+. The molecular weight excluding hydrogens is 386 g/mol. The third-order valence-electron chi connectivity index (χ3n) is 3.28. The number of fused-ring (bicyclic) bond motifs is 1. The zero-order valence-electron chi connectivity index (χ0n) is 12.9. The molecule has 2 aromatic carbocycles. The largest absolute Gasteiger partial charge is 0.478 e. The molecule has 0 aliphatic heterocycles. The maximum absolute atomic E-state index is 12.1. The van der Waals surface area contributed by atoms with Crippen molar-refractivity contribution in [3.63, 3.8) is 0 Å². The number of para-hydroxylation sites is 1. The first kappa shape index (κ1) is 16.7. The van der Waals surface area contributed by atoms with Gasteiger partial charge in [0, 0.05) is 15.4 Å². The first-order valence-corrected chi connectivity index (χ1v) is 8.08. The predicted octanol–water partition coefficient (Wildman–Crippen LogP) is 3.86. The fourth-order valence-corrected chi connectivity index (χ4v) is 2.55. The number of nitrogens with one attached hydrogen (secondary N) is 1. The first-order chi connectivity index (χ1) is 12.2. The smallest absolute Gasteiger partial charge is 0.307 e. The summed E-state index contributed by atoms with van der Waals surface area (Å²) in [6.07, 6.45) is 1.44. The molecule has 0 aliphatic carbocycles. The van der Waals surface area contributed by atoms with E-state index in [9.17, 15) is 4.79 Å². The van der Waals surface area contributed by atoms with Crippen LogP contribution in [0.25, 0.3) is 11.0 Å². The van der Waals surface area contributed by atoms with E-state index in [0.29, 0.717) is 16.9 Å². The molecule has 1 amide bonds. The minimum Gasteiger partial charge on any atom is -0.478 e. The van der Waals surface area contributed by atoms with E-state index in [1.807, 2.05) is 24.3 Å². The molecule has 0 aliphatic rings. The Balaban J connectivity index is 1.73. The number of carbonyl (C=O) groups is 1. The van der Waals surface area contributed by atoms with Crippen molar-refractivity contribution < 1.29 is 13.9 Å². The van der Waals surface area contributed by atoms with Gasteiger partial charge in [0.2, 0.25) is 0 Å². The Labute approximate surface area is 151 Å². The number of carbonyl (C=O) groups excluding carboxylic acids is 1. The van der Waals surface area contributed by atoms with E-state index in [4.69, 9.17) is 14.4 Å². The molecule has 124 valence electrons. The van der Waals surface area contributed by atoms with Gasteiger partial charge in [-0.15, -0.1) is 0 Å². The van der Waals surface area contributed by atoms with Crippen molar-refractivity contribution in [2.24, 2.45) is 5.10 Å². The Morgan fingerprint density at radius 1 is 1.32 bits per heavy atom. The highest BCUT2D eigenvalue weighted by Gasteiger charge is 2.11. The van der Waals surface area contributed by atoms with Crippen LogP contribution in [0.3, 0.4) is 0 Å². The second-order valence-electron chi connectivity index (χ2n) is 4.98. The molecule has 0 unspecified atom stereocenters. The highest BCUT2D eigenvalue weighted by Crippen LogP contribution is 2.22. The van der Waals surface area contributed by atoms with Gasteiger partial charge in [-0.25, -0.2) is 5.43 Å². The van der Waals surface area contributed by atoms with Gasteiger partial charge in [-0.05, 0) is 30.3 Å². The van der Waals surface area contributed by atoms with Gasteiger partial charge >= 0.3 is 5.91 Å². The van der Waals surface area contributed by atoms with E-state index in [-0.39, 0.29) is 12.4 Å². The predicted molar refractivity (Wildman–Crippen MR) is 96.5 cm³/mol. The number of hydrogen-bond acceptors (Lipinski definition) is 5. The molecule has 1 heterocycles. The second kappa shape index (κ2) is 7.64. The van der Waals surface area contributed by atoms with Gasteiger partial charge in [0.15, 0.2) is 12.4 Å². The number of nitriles is 1. The number of halogens is 1. The lowest BCUT2D eigenvalue weighted by atomic mass is 10.2. The molecule has 0 radical (unpaired) electrons. The number of amides is 1. The Morgan fingerprint density at radius 3 is 2.96 bits per heavy atom. The molecule has 1 aromatic heterocycles. The molecule has 7 heteroatoms. The number of hydrogen-bond donors (Lipinski definition) is 1. The lowest BCUT2D eigenvalue weighted by molar-refractivity contribution is 0.0929. The van der Waals surface area contributed by atoms with Crippen LogP contribution in [-0.2, 0) is 0 Å². The van der Waals surface area contributed by atoms with Gasteiger partial charge in [-0.2, -0.15) is 10.4 Å². The molecule has 1 N–H and O–H groups in total. The van der Waals surface area contributed by atoms with E-state index >= 15 is 0 Å². The minimum absolute atomic E-state index is 0.0756. The van der Waals surface area contributed by atoms with Crippen molar-refractivity contribution in [3.8, 4) is 11.8 Å². The van der Waals surface area contributed by atoms with Gasteiger partial charge in [0.25, 0.3) is 0 Å². The molecule has 6 nitrogen and oxygen atoms in total. The van der Waals surface area contributed by atoms with Crippen molar-refractivity contribution in [2.75, 3.05) is 6.61 Å². The highest BCUT2D eigenvalue weighted by molar-refractivity contribution is 9.10. The summed E-state index contributed by atoms with van der Waals surface area (Å²) >= 11 is 3.36. The number of nitrogens with zero attached hydrogens (tertiary/aromatic N) is 2. The molecule has 0 saturated heterocycles. The Morgan fingerprint density at radius 2 is 2.16 bits per heavy atom. The van der Waals surface area contributed by atoms with Crippen LogP contribution in [0, 0.1) is 11.3 Å². The normalized spacial score (nSPS) is 10.7. The van der Waals surface area contributed by atoms with Crippen LogP contribution in [0.15, 0.2) is 62.5 Å². The highest BCUT2D eigenvalue weighted by atomic mass is 79.9. The minimum atomic E-state index is -0.457. The van der Waals surface area contributed by atoms with Crippen LogP contribution in [0.2, 0.25) is 0 Å². The first-order valence-electron chi connectivity index (χ1n) is 7.28. The summed E-state index contributed by atoms with van der Waals surface area (Å²) in [6, 6.07) is 16.2. The summed E-state index contributed by atoms with van der Waals surface area (Å²) in [7, 11) is 0. The molecule has 0 atom stereocenters. The molecule has 25 heavy (non-hydrogen) atoms. The summed E-state index contributed by atoms with van der Waals surface area (Å²) in [5, 5.41) is 13.4. The Hall–Kier alpha value is -3.11. The maximum Gasteiger partial charge on any atom is 0.307 e. The van der Waals surface area contributed by atoms with Gasteiger partial charge < -0.3 is 9.15 Å². The zero-order valence-corrected chi connectivity index (χ0v) is 14.5. The molecule has 0 saturated carbocycles. The van der Waals surface area contributed by atoms with Crippen LogP contribution in [-0.4, -0.2) is 18.7 Å². The quantitative estimate of drug-likeness (QED) is 0.522. The van der Waals surface area contributed by atoms with E-state index in [1.165, 1.54) is 6.21 Å². The van der Waals surface area contributed by atoms with Crippen LogP contribution in [0.5, 0.6) is 5.75 Å². The van der Waals surface area contributed by atoms with E-state index in [0.717, 1.165) is 9.86 Å². The Bertz CT molecular complexity index is 956. The molecular formula is C18H12BrN3O3. The number of furan rings is 1. The number of rotatable bonds is 5. The molecule has 3 aromatic rings. The van der Waals surface area contributed by atoms with Crippen molar-refractivity contribution in [2.45, 2.75) is 0 Å². The van der Waals surface area contributed by atoms with Gasteiger partial charge in [0.05, 0.1) is 6.21 Å². The lowest BCUT2D eigenvalue weighted by Crippen LogP contribution is -2.16. The van der Waals surface area contributed by atoms with Crippen molar-refractivity contribution in [1.29, 1.82) is 5.26 Å². The van der Waals surface area contributed by atoms with Crippen molar-refractivity contribution >= 4 is 39.0 Å². The molecule has 0 bridgehead atoms. The average Bonchev–Trinajstić information content (AvgIpc) is 3.05. The SMILES string of the molecule is N#CCOc1ccc(Br)cc1/C=N/NC(=O)c1cc2ccccc2o1. The van der Waals surface area contributed by atoms with Crippen molar-refractivity contribution in [1.82, 2.24) is 5.43 Å². The molecule has 0 spiro atoms. The van der Waals surface area contributed by atoms with E-state index < -0.39 is 5.91 Å². The fraction of sp³-hybridized carbons (Fsp3) is 0.0556. The fourth-order valence-electron chi connectivity index (χ4n) is 2.17. The monoisotopic (exact) mass is 397 g/mol. The van der Waals surface area contributed by atoms with E-state index in [2.05, 4.69) is 26.5 Å². The number of ether oxygens (including phenoxy) is 1. The van der Waals surface area contributed by atoms with Crippen LogP contribution in [0.4, 0.5) is 0 Å². The van der Waals surface area contributed by atoms with Crippen molar-refractivity contribution in [3.05, 3.63) is 64.3 Å². The molecule has 0 fully saturated rings. The summed E-state index contributed by atoms with van der Waals surface area (Å²) in [5.74, 6) is 0.210. The van der Waals surface area contributed by atoms with Gasteiger partial charge in [0.1, 0.15) is 17.4 Å². The second-order valence-corrected chi connectivity index (χ2v) is 5.89. The van der Waals surface area contributed by atoms with Crippen LogP contribution >= 0.6 is 15.9 Å². The van der Waals surface area contributed by atoms with Gasteiger partial charge in [-0.1, -0.05) is 34.1 Å². The van der Waals surface area contributed by atoms with E-state index in [1.54, 1.807) is 30.3 Å². The third kappa shape index (κ3) is 4.05. The average molecular weight is 398 g/mol.